The highest BCUT2D eigenvalue weighted by atomic mass is 19.2. The summed E-state index contributed by atoms with van der Waals surface area (Å²) in [5.74, 6) is -1.74. The average molecular weight is 370 g/mol. The Hall–Kier alpha value is -3.01. The number of aryl methyl sites for hydroxylation is 3. The van der Waals surface area contributed by atoms with Crippen molar-refractivity contribution in [2.75, 3.05) is 0 Å². The molecule has 0 amide bonds. The highest BCUT2D eigenvalue weighted by molar-refractivity contribution is 5.77. The number of hydrogen-bond acceptors (Lipinski definition) is 1. The van der Waals surface area contributed by atoms with Crippen molar-refractivity contribution < 1.29 is 17.6 Å². The zero-order valence-electron chi connectivity index (χ0n) is 15.5. The molecule has 0 unspecified atom stereocenters. The first-order valence-electron chi connectivity index (χ1n) is 8.43. The zero-order chi connectivity index (χ0) is 19.8. The van der Waals surface area contributed by atoms with Gasteiger partial charge in [0.05, 0.1) is 6.26 Å². The fraction of sp³-hybridized carbons (Fsp3) is 0.130. The second-order valence-corrected chi connectivity index (χ2v) is 6.18. The van der Waals surface area contributed by atoms with Gasteiger partial charge in [-0.3, -0.25) is 0 Å². The topological polar surface area (TPSA) is 13.1 Å². The molecule has 0 aliphatic heterocycles. The maximum absolute atomic E-state index is 12.2. The molecule has 27 heavy (non-hydrogen) atoms. The first-order valence-corrected chi connectivity index (χ1v) is 8.43. The van der Waals surface area contributed by atoms with E-state index in [1.54, 1.807) is 19.3 Å². The third-order valence-corrected chi connectivity index (χ3v) is 3.66. The summed E-state index contributed by atoms with van der Waals surface area (Å²) in [6.45, 7) is 5.65. The highest BCUT2D eigenvalue weighted by Gasteiger charge is 1.97. The van der Waals surface area contributed by atoms with Crippen LogP contribution in [-0.2, 0) is 0 Å². The van der Waals surface area contributed by atoms with Gasteiger partial charge in [-0.05, 0) is 74.4 Å². The van der Waals surface area contributed by atoms with Crippen LogP contribution in [0, 0.1) is 38.2 Å². The Morgan fingerprint density at radius 3 is 1.89 bits per heavy atom. The fourth-order valence-corrected chi connectivity index (χ4v) is 2.29. The van der Waals surface area contributed by atoms with E-state index in [0.29, 0.717) is 0 Å². The van der Waals surface area contributed by atoms with Crippen LogP contribution in [0.1, 0.15) is 16.7 Å². The molecule has 4 rings (SSSR count). The molecule has 0 N–H and O–H groups in total. The predicted octanol–water partition coefficient (Wildman–Crippen LogP) is 7.15. The van der Waals surface area contributed by atoms with Crippen molar-refractivity contribution in [1.82, 2.24) is 0 Å². The van der Waals surface area contributed by atoms with E-state index >= 15 is 0 Å². The van der Waals surface area contributed by atoms with Crippen LogP contribution in [0.3, 0.4) is 0 Å². The predicted molar refractivity (Wildman–Crippen MR) is 103 cm³/mol. The van der Waals surface area contributed by atoms with Gasteiger partial charge in [0.1, 0.15) is 11.4 Å². The Bertz CT molecular complexity index is 988. The van der Waals surface area contributed by atoms with Gasteiger partial charge in [-0.1, -0.05) is 29.8 Å². The lowest BCUT2D eigenvalue weighted by atomic mass is 10.2. The van der Waals surface area contributed by atoms with Gasteiger partial charge in [-0.25, -0.2) is 13.2 Å². The Balaban J connectivity index is 0.000000146. The lowest BCUT2D eigenvalue weighted by Crippen LogP contribution is -1.82. The second-order valence-electron chi connectivity index (χ2n) is 6.18. The Kier molecular flexibility index (Phi) is 7.24. The van der Waals surface area contributed by atoms with Gasteiger partial charge in [0.2, 0.25) is 0 Å². The smallest absolute Gasteiger partial charge is 0.159 e. The molecule has 4 aromatic rings. The summed E-state index contributed by atoms with van der Waals surface area (Å²) in [6.07, 6.45) is 1.71. The van der Waals surface area contributed by atoms with E-state index in [4.69, 9.17) is 4.42 Å². The molecule has 0 atom stereocenters. The van der Waals surface area contributed by atoms with Crippen LogP contribution >= 0.6 is 0 Å². The van der Waals surface area contributed by atoms with Gasteiger partial charge in [-0.2, -0.15) is 0 Å². The van der Waals surface area contributed by atoms with E-state index in [1.807, 2.05) is 31.2 Å². The average Bonchev–Trinajstić information content (AvgIpc) is 3.07. The molecule has 1 nitrogen and oxygen atoms in total. The molecule has 0 radical (unpaired) electrons. The summed E-state index contributed by atoms with van der Waals surface area (Å²) in [7, 11) is 0. The SMILES string of the molecule is Cc1ccc(F)c(F)c1.Cc1ccc2occc2c1.Cc1cccc(F)c1. The van der Waals surface area contributed by atoms with Crippen molar-refractivity contribution in [3.05, 3.63) is 107 Å². The molecule has 3 aromatic carbocycles. The zero-order valence-corrected chi connectivity index (χ0v) is 15.5. The minimum atomic E-state index is -0.791. The number of hydrogen-bond donors (Lipinski definition) is 0. The van der Waals surface area contributed by atoms with E-state index in [-0.39, 0.29) is 5.82 Å². The number of benzene rings is 3. The van der Waals surface area contributed by atoms with Crippen LogP contribution in [0.2, 0.25) is 0 Å². The van der Waals surface area contributed by atoms with Crippen LogP contribution < -0.4 is 0 Å². The van der Waals surface area contributed by atoms with Crippen molar-refractivity contribution in [2.24, 2.45) is 0 Å². The molecule has 0 bridgehead atoms. The highest BCUT2D eigenvalue weighted by Crippen LogP contribution is 2.15. The first-order chi connectivity index (χ1) is 12.8. The molecule has 0 saturated heterocycles. The summed E-state index contributed by atoms with van der Waals surface area (Å²) in [4.78, 5) is 0. The molecule has 4 heteroatoms. The number of fused-ring (bicyclic) bond motifs is 1. The van der Waals surface area contributed by atoms with E-state index in [1.165, 1.54) is 29.1 Å². The minimum absolute atomic E-state index is 0.162. The molecule has 0 fully saturated rings. The van der Waals surface area contributed by atoms with Crippen LogP contribution in [0.25, 0.3) is 11.0 Å². The molecular formula is C23H21F3O. The summed E-state index contributed by atoms with van der Waals surface area (Å²) < 4.78 is 41.7. The third-order valence-electron chi connectivity index (χ3n) is 3.66. The Morgan fingerprint density at radius 2 is 1.30 bits per heavy atom. The molecule has 1 heterocycles. The number of halogens is 3. The summed E-state index contributed by atoms with van der Waals surface area (Å²) in [5.41, 5.74) is 3.93. The molecular weight excluding hydrogens is 349 g/mol. The van der Waals surface area contributed by atoms with Gasteiger partial charge in [-0.15, -0.1) is 0 Å². The van der Waals surface area contributed by atoms with Gasteiger partial charge < -0.3 is 4.42 Å². The maximum Gasteiger partial charge on any atom is 0.159 e. The van der Waals surface area contributed by atoms with Crippen molar-refractivity contribution >= 4 is 11.0 Å². The Labute approximate surface area is 157 Å². The monoisotopic (exact) mass is 370 g/mol. The van der Waals surface area contributed by atoms with Crippen molar-refractivity contribution in [2.45, 2.75) is 20.8 Å². The quantitative estimate of drug-likeness (QED) is 0.320. The summed E-state index contributed by atoms with van der Waals surface area (Å²) >= 11 is 0. The van der Waals surface area contributed by atoms with Crippen LogP contribution in [0.4, 0.5) is 13.2 Å². The second kappa shape index (κ2) is 9.62. The molecule has 0 saturated carbocycles. The van der Waals surface area contributed by atoms with Gasteiger partial charge in [0, 0.05) is 5.39 Å². The number of furan rings is 1. The molecule has 0 aliphatic rings. The number of rotatable bonds is 0. The molecule has 140 valence electrons. The maximum atomic E-state index is 12.2. The normalized spacial score (nSPS) is 9.85. The fourth-order valence-electron chi connectivity index (χ4n) is 2.29. The van der Waals surface area contributed by atoms with Crippen LogP contribution in [0.5, 0.6) is 0 Å². The summed E-state index contributed by atoms with van der Waals surface area (Å²) in [6, 6.07) is 18.4. The summed E-state index contributed by atoms with van der Waals surface area (Å²) in [5, 5.41) is 1.18. The standard InChI is InChI=1S/C9H8O.C7H6F2.C7H7F/c1-7-2-3-9-8(6-7)4-5-10-9;1-5-2-3-6(8)7(9)4-5;1-6-3-2-4-7(8)5-6/h2-6H,1H3;2-4H,1H3;2-5H,1H3. The lowest BCUT2D eigenvalue weighted by molar-refractivity contribution is 0.508. The minimum Gasteiger partial charge on any atom is -0.464 e. The van der Waals surface area contributed by atoms with Crippen molar-refractivity contribution in [3.63, 3.8) is 0 Å². The van der Waals surface area contributed by atoms with Gasteiger partial charge >= 0.3 is 0 Å². The first kappa shape index (κ1) is 20.3. The van der Waals surface area contributed by atoms with Gasteiger partial charge in [0.15, 0.2) is 11.6 Å². The largest absolute Gasteiger partial charge is 0.464 e. The van der Waals surface area contributed by atoms with Crippen LogP contribution in [-0.4, -0.2) is 0 Å². The van der Waals surface area contributed by atoms with Crippen molar-refractivity contribution in [3.8, 4) is 0 Å². The molecule has 0 spiro atoms. The Morgan fingerprint density at radius 1 is 0.630 bits per heavy atom. The third kappa shape index (κ3) is 6.66. The van der Waals surface area contributed by atoms with E-state index in [0.717, 1.165) is 28.8 Å². The lowest BCUT2D eigenvalue weighted by Gasteiger charge is -1.91. The van der Waals surface area contributed by atoms with Gasteiger partial charge in [0.25, 0.3) is 0 Å². The van der Waals surface area contributed by atoms with Crippen LogP contribution in [0.15, 0.2) is 77.4 Å². The van der Waals surface area contributed by atoms with E-state index in [9.17, 15) is 13.2 Å². The van der Waals surface area contributed by atoms with E-state index in [2.05, 4.69) is 13.0 Å². The van der Waals surface area contributed by atoms with Crippen molar-refractivity contribution in [1.29, 1.82) is 0 Å². The molecule has 0 aliphatic carbocycles. The molecule has 1 aromatic heterocycles. The van der Waals surface area contributed by atoms with E-state index < -0.39 is 11.6 Å².